The fraction of sp³-hybridized carbons (Fsp3) is 0.263. The van der Waals surface area contributed by atoms with Gasteiger partial charge in [-0.3, -0.25) is 4.98 Å². The number of likely N-dealkylation sites (tertiary alicyclic amines) is 1. The van der Waals surface area contributed by atoms with Gasteiger partial charge in [0.2, 0.25) is 0 Å². The molecule has 0 aliphatic carbocycles. The van der Waals surface area contributed by atoms with E-state index in [1.807, 2.05) is 0 Å². The van der Waals surface area contributed by atoms with Crippen molar-refractivity contribution in [2.75, 3.05) is 13.1 Å². The highest BCUT2D eigenvalue weighted by Crippen LogP contribution is 2.30. The van der Waals surface area contributed by atoms with Crippen molar-refractivity contribution in [2.45, 2.75) is 18.6 Å². The number of rotatable bonds is 3. The molecule has 0 saturated carbocycles. The molecule has 1 atom stereocenters. The van der Waals surface area contributed by atoms with E-state index in [1.54, 1.807) is 35.5 Å². The van der Waals surface area contributed by atoms with E-state index in [1.165, 1.54) is 23.3 Å². The number of pyridine rings is 1. The van der Waals surface area contributed by atoms with Gasteiger partial charge in [0.15, 0.2) is 0 Å². The number of amides is 2. The van der Waals surface area contributed by atoms with Gasteiger partial charge in [0.05, 0.1) is 24.7 Å². The number of nitriles is 1. The second kappa shape index (κ2) is 7.03. The zero-order valence-electron chi connectivity index (χ0n) is 14.3. The number of ether oxygens (including phenoxy) is 1. The van der Waals surface area contributed by atoms with Gasteiger partial charge in [0.25, 0.3) is 0 Å². The Bertz CT molecular complexity index is 918. The van der Waals surface area contributed by atoms with E-state index in [0.29, 0.717) is 30.8 Å². The first-order valence-electron chi connectivity index (χ1n) is 8.52. The van der Waals surface area contributed by atoms with Crippen molar-refractivity contribution in [3.05, 3.63) is 59.7 Å². The summed E-state index contributed by atoms with van der Waals surface area (Å²) in [6.45, 7) is 0.872. The number of urea groups is 1. The lowest BCUT2D eigenvalue weighted by atomic mass is 10.1. The molecular formula is C19H16FN5O2. The van der Waals surface area contributed by atoms with Crippen molar-refractivity contribution in [3.63, 3.8) is 0 Å². The van der Waals surface area contributed by atoms with Gasteiger partial charge in [0.1, 0.15) is 23.7 Å². The molecule has 2 aliphatic rings. The van der Waals surface area contributed by atoms with E-state index in [4.69, 9.17) is 10.00 Å². The Labute approximate surface area is 155 Å². The molecule has 2 aromatic rings. The SMILES string of the molecule is N#Cc1cncc([C@@H]2CC=NN2C(=O)N2CC(Oc3ccc(F)cc3)C2)c1. The second-order valence-electron chi connectivity index (χ2n) is 6.39. The summed E-state index contributed by atoms with van der Waals surface area (Å²) in [6.07, 6.45) is 5.27. The molecule has 136 valence electrons. The maximum Gasteiger partial charge on any atom is 0.341 e. The third kappa shape index (κ3) is 3.44. The number of nitrogens with zero attached hydrogens (tertiary/aromatic N) is 5. The lowest BCUT2D eigenvalue weighted by Crippen LogP contribution is -2.58. The smallest absolute Gasteiger partial charge is 0.341 e. The van der Waals surface area contributed by atoms with Crippen LogP contribution in [-0.2, 0) is 0 Å². The molecule has 2 amide bonds. The number of hydrazone groups is 1. The molecule has 0 unspecified atom stereocenters. The van der Waals surface area contributed by atoms with Crippen molar-refractivity contribution < 1.29 is 13.9 Å². The van der Waals surface area contributed by atoms with Gasteiger partial charge >= 0.3 is 6.03 Å². The first kappa shape index (κ1) is 17.0. The average Bonchev–Trinajstić information content (AvgIpc) is 3.15. The van der Waals surface area contributed by atoms with Crippen LogP contribution in [0.3, 0.4) is 0 Å². The quantitative estimate of drug-likeness (QED) is 0.837. The number of benzene rings is 1. The Hall–Kier alpha value is -3.47. The van der Waals surface area contributed by atoms with E-state index in [-0.39, 0.29) is 24.0 Å². The topological polar surface area (TPSA) is 81.8 Å². The van der Waals surface area contributed by atoms with E-state index < -0.39 is 0 Å². The zero-order chi connectivity index (χ0) is 18.8. The molecule has 1 aromatic carbocycles. The van der Waals surface area contributed by atoms with Crippen LogP contribution in [0.15, 0.2) is 47.8 Å². The molecule has 1 saturated heterocycles. The molecule has 27 heavy (non-hydrogen) atoms. The van der Waals surface area contributed by atoms with Crippen molar-refractivity contribution >= 4 is 12.2 Å². The molecule has 0 N–H and O–H groups in total. The zero-order valence-corrected chi connectivity index (χ0v) is 14.3. The predicted octanol–water partition coefficient (Wildman–Crippen LogP) is 2.71. The maximum absolute atomic E-state index is 12.9. The molecule has 7 nitrogen and oxygen atoms in total. The van der Waals surface area contributed by atoms with Crippen molar-refractivity contribution in [2.24, 2.45) is 5.10 Å². The number of carbonyl (C=O) groups is 1. The minimum atomic E-state index is -0.319. The summed E-state index contributed by atoms with van der Waals surface area (Å²) in [5.74, 6) is 0.255. The molecule has 2 aliphatic heterocycles. The van der Waals surface area contributed by atoms with Crippen LogP contribution >= 0.6 is 0 Å². The standard InChI is InChI=1S/C19H16FN5O2/c20-15-1-3-16(4-2-15)27-17-11-24(12-17)19(26)25-18(5-6-23-25)14-7-13(8-21)9-22-10-14/h1-4,6-7,9-10,17-18H,5,11-12H2/t18-/m0/s1. The fourth-order valence-electron chi connectivity index (χ4n) is 3.10. The van der Waals surface area contributed by atoms with Crippen molar-refractivity contribution in [1.82, 2.24) is 14.9 Å². The largest absolute Gasteiger partial charge is 0.487 e. The summed E-state index contributed by atoms with van der Waals surface area (Å²) >= 11 is 0. The van der Waals surface area contributed by atoms with Crippen LogP contribution < -0.4 is 4.74 Å². The van der Waals surface area contributed by atoms with Crippen molar-refractivity contribution in [3.8, 4) is 11.8 Å². The molecule has 0 bridgehead atoms. The Morgan fingerprint density at radius 1 is 1.26 bits per heavy atom. The first-order valence-corrected chi connectivity index (χ1v) is 8.52. The fourth-order valence-corrected chi connectivity index (χ4v) is 3.10. The molecule has 4 rings (SSSR count). The van der Waals surface area contributed by atoms with Gasteiger partial charge < -0.3 is 9.64 Å². The Morgan fingerprint density at radius 3 is 2.78 bits per heavy atom. The Morgan fingerprint density at radius 2 is 2.04 bits per heavy atom. The molecule has 1 aromatic heterocycles. The van der Waals surface area contributed by atoms with Crippen LogP contribution in [-0.4, -0.2) is 46.3 Å². The van der Waals surface area contributed by atoms with Crippen LogP contribution in [0.4, 0.5) is 9.18 Å². The van der Waals surface area contributed by atoms with Gasteiger partial charge in [-0.1, -0.05) is 0 Å². The van der Waals surface area contributed by atoms with E-state index in [0.717, 1.165) is 5.56 Å². The summed E-state index contributed by atoms with van der Waals surface area (Å²) in [5.41, 5.74) is 1.23. The summed E-state index contributed by atoms with van der Waals surface area (Å²) in [4.78, 5) is 18.5. The van der Waals surface area contributed by atoms with E-state index in [9.17, 15) is 9.18 Å². The monoisotopic (exact) mass is 365 g/mol. The Balaban J connectivity index is 1.37. The van der Waals surface area contributed by atoms with Gasteiger partial charge in [-0.15, -0.1) is 0 Å². The summed E-state index contributed by atoms with van der Waals surface area (Å²) in [5, 5.41) is 14.7. The highest BCUT2D eigenvalue weighted by molar-refractivity contribution is 5.79. The molecular weight excluding hydrogens is 349 g/mol. The predicted molar refractivity (Wildman–Crippen MR) is 94.4 cm³/mol. The van der Waals surface area contributed by atoms with Crippen LogP contribution in [0.2, 0.25) is 0 Å². The number of hydrogen-bond acceptors (Lipinski definition) is 5. The van der Waals surface area contributed by atoms with Crippen LogP contribution in [0.1, 0.15) is 23.6 Å². The maximum atomic E-state index is 12.9. The lowest BCUT2D eigenvalue weighted by molar-refractivity contribution is 0.0277. The number of hydrogen-bond donors (Lipinski definition) is 0. The summed E-state index contributed by atoms with van der Waals surface area (Å²) in [7, 11) is 0. The van der Waals surface area contributed by atoms with Gasteiger partial charge in [-0.2, -0.15) is 10.4 Å². The van der Waals surface area contributed by atoms with Gasteiger partial charge in [-0.05, 0) is 35.9 Å². The normalized spacial score (nSPS) is 18.9. The second-order valence-corrected chi connectivity index (χ2v) is 6.39. The van der Waals surface area contributed by atoms with Gasteiger partial charge in [0, 0.05) is 25.0 Å². The number of aromatic nitrogens is 1. The molecule has 0 radical (unpaired) electrons. The van der Waals surface area contributed by atoms with Crippen LogP contribution in [0.25, 0.3) is 0 Å². The first-order chi connectivity index (χ1) is 13.1. The summed E-state index contributed by atoms with van der Waals surface area (Å²) in [6, 6.07) is 9.10. The van der Waals surface area contributed by atoms with Crippen LogP contribution in [0, 0.1) is 17.1 Å². The molecule has 8 heteroatoms. The van der Waals surface area contributed by atoms with Crippen LogP contribution in [0.5, 0.6) is 5.75 Å². The highest BCUT2D eigenvalue weighted by atomic mass is 19.1. The molecule has 1 fully saturated rings. The molecule has 0 spiro atoms. The third-order valence-electron chi connectivity index (χ3n) is 4.53. The van der Waals surface area contributed by atoms with Gasteiger partial charge in [-0.25, -0.2) is 14.2 Å². The average molecular weight is 365 g/mol. The summed E-state index contributed by atoms with van der Waals surface area (Å²) < 4.78 is 18.7. The minimum Gasteiger partial charge on any atom is -0.487 e. The third-order valence-corrected chi connectivity index (χ3v) is 4.53. The minimum absolute atomic E-state index is 0.131. The van der Waals surface area contributed by atoms with Crippen molar-refractivity contribution in [1.29, 1.82) is 5.26 Å². The Kier molecular flexibility index (Phi) is 4.42. The highest BCUT2D eigenvalue weighted by Gasteiger charge is 2.38. The lowest BCUT2D eigenvalue weighted by Gasteiger charge is -2.41. The van der Waals surface area contributed by atoms with E-state index >= 15 is 0 Å². The number of halogens is 1. The molecule has 3 heterocycles. The number of carbonyl (C=O) groups excluding carboxylic acids is 1. The van der Waals surface area contributed by atoms with E-state index in [2.05, 4.69) is 16.2 Å².